The van der Waals surface area contributed by atoms with Gasteiger partial charge in [0.1, 0.15) is 10.8 Å². The van der Waals surface area contributed by atoms with Crippen molar-refractivity contribution in [1.29, 1.82) is 0 Å². The molecule has 1 N–H and O–H groups in total. The van der Waals surface area contributed by atoms with Gasteiger partial charge < -0.3 is 10.1 Å². The standard InChI is InChI=1S/C18H21Cl2NO2/c19-14-2-1-3-15(17(14)20)23-9-16(22)21-18-12-5-10-4-11(7-12)8-13(18)6-10/h1-3,10-13,18H,4-9H2,(H,21,22). The van der Waals surface area contributed by atoms with Gasteiger partial charge in [-0.05, 0) is 67.9 Å². The summed E-state index contributed by atoms with van der Waals surface area (Å²) < 4.78 is 5.54. The highest BCUT2D eigenvalue weighted by molar-refractivity contribution is 6.42. The zero-order chi connectivity index (χ0) is 16.0. The first-order valence-corrected chi connectivity index (χ1v) is 9.22. The summed E-state index contributed by atoms with van der Waals surface area (Å²) in [6, 6.07) is 5.53. The molecule has 4 bridgehead atoms. The molecule has 23 heavy (non-hydrogen) atoms. The van der Waals surface area contributed by atoms with Crippen molar-refractivity contribution in [1.82, 2.24) is 5.32 Å². The summed E-state index contributed by atoms with van der Waals surface area (Å²) in [7, 11) is 0. The number of benzene rings is 1. The predicted molar refractivity (Wildman–Crippen MR) is 90.9 cm³/mol. The van der Waals surface area contributed by atoms with Crippen LogP contribution < -0.4 is 10.1 Å². The van der Waals surface area contributed by atoms with Crippen molar-refractivity contribution in [3.8, 4) is 5.75 Å². The molecule has 1 aromatic rings. The second-order valence-electron chi connectivity index (χ2n) is 7.36. The van der Waals surface area contributed by atoms with Crippen LogP contribution >= 0.6 is 23.2 Å². The minimum atomic E-state index is -0.0569. The molecule has 4 aliphatic carbocycles. The lowest BCUT2D eigenvalue weighted by molar-refractivity contribution is -0.127. The molecule has 1 aromatic carbocycles. The molecule has 3 nitrogen and oxygen atoms in total. The molecule has 4 aliphatic rings. The average molecular weight is 354 g/mol. The van der Waals surface area contributed by atoms with E-state index < -0.39 is 0 Å². The Kier molecular flexibility index (Phi) is 4.19. The van der Waals surface area contributed by atoms with E-state index in [2.05, 4.69) is 5.32 Å². The highest BCUT2D eigenvalue weighted by atomic mass is 35.5. The molecule has 5 heteroatoms. The molecule has 0 unspecified atom stereocenters. The number of rotatable bonds is 4. The summed E-state index contributed by atoms with van der Waals surface area (Å²) in [5.41, 5.74) is 0. The van der Waals surface area contributed by atoms with Gasteiger partial charge in [0, 0.05) is 6.04 Å². The maximum absolute atomic E-state index is 12.3. The number of carbonyl (C=O) groups excluding carboxylic acids is 1. The number of carbonyl (C=O) groups is 1. The zero-order valence-electron chi connectivity index (χ0n) is 12.9. The molecular weight excluding hydrogens is 333 g/mol. The van der Waals surface area contributed by atoms with E-state index in [9.17, 15) is 4.79 Å². The van der Waals surface area contributed by atoms with Crippen LogP contribution in [0.2, 0.25) is 10.0 Å². The van der Waals surface area contributed by atoms with Gasteiger partial charge in [0.2, 0.25) is 0 Å². The van der Waals surface area contributed by atoms with Crippen LogP contribution in [0.25, 0.3) is 0 Å². The number of nitrogens with one attached hydrogen (secondary N) is 1. The Balaban J connectivity index is 1.35. The fourth-order valence-corrected chi connectivity index (χ4v) is 5.47. The Hall–Kier alpha value is -0.930. The number of hydrogen-bond donors (Lipinski definition) is 1. The van der Waals surface area contributed by atoms with E-state index >= 15 is 0 Å². The molecule has 0 heterocycles. The van der Waals surface area contributed by atoms with Crippen molar-refractivity contribution in [2.24, 2.45) is 23.7 Å². The number of amides is 1. The topological polar surface area (TPSA) is 38.3 Å². The van der Waals surface area contributed by atoms with Crippen molar-refractivity contribution in [2.75, 3.05) is 6.61 Å². The van der Waals surface area contributed by atoms with Crippen LogP contribution in [0.4, 0.5) is 0 Å². The SMILES string of the molecule is O=C(COc1cccc(Cl)c1Cl)NC1C2CC3CC(C2)CC1C3. The predicted octanol–water partition coefficient (Wildman–Crippen LogP) is 4.31. The van der Waals surface area contributed by atoms with Crippen LogP contribution in [0.3, 0.4) is 0 Å². The quantitative estimate of drug-likeness (QED) is 0.875. The van der Waals surface area contributed by atoms with E-state index in [0.717, 1.165) is 11.8 Å². The first kappa shape index (κ1) is 15.6. The number of ether oxygens (including phenoxy) is 1. The van der Waals surface area contributed by atoms with Crippen LogP contribution in [-0.2, 0) is 4.79 Å². The van der Waals surface area contributed by atoms with Crippen LogP contribution in [0.15, 0.2) is 18.2 Å². The minimum absolute atomic E-state index is 0.0111. The van der Waals surface area contributed by atoms with Crippen LogP contribution in [0, 0.1) is 23.7 Å². The van der Waals surface area contributed by atoms with E-state index in [0.29, 0.717) is 33.7 Å². The molecule has 5 rings (SSSR count). The molecule has 0 aliphatic heterocycles. The average Bonchev–Trinajstić information content (AvgIpc) is 2.51. The van der Waals surface area contributed by atoms with E-state index in [-0.39, 0.29) is 12.5 Å². The summed E-state index contributed by atoms with van der Waals surface area (Å²) >= 11 is 12.0. The maximum Gasteiger partial charge on any atom is 0.258 e. The largest absolute Gasteiger partial charge is 0.482 e. The molecule has 1 amide bonds. The molecule has 0 atom stereocenters. The normalized spacial score (nSPS) is 34.4. The number of hydrogen-bond acceptors (Lipinski definition) is 2. The summed E-state index contributed by atoms with van der Waals surface area (Å²) in [6.07, 6.45) is 6.58. The lowest BCUT2D eigenvalue weighted by Gasteiger charge is -2.54. The van der Waals surface area contributed by atoms with Gasteiger partial charge in [-0.2, -0.15) is 0 Å². The first-order chi connectivity index (χ1) is 11.1. The fraction of sp³-hybridized carbons (Fsp3) is 0.611. The highest BCUT2D eigenvalue weighted by Gasteiger charge is 2.48. The Labute approximate surface area is 146 Å². The van der Waals surface area contributed by atoms with Gasteiger partial charge in [0.05, 0.1) is 5.02 Å². The van der Waals surface area contributed by atoms with Crippen LogP contribution in [0.5, 0.6) is 5.75 Å². The Bertz CT molecular complexity index is 591. The lowest BCUT2D eigenvalue weighted by Crippen LogP contribution is -2.56. The van der Waals surface area contributed by atoms with Gasteiger partial charge in [0.15, 0.2) is 6.61 Å². The smallest absolute Gasteiger partial charge is 0.258 e. The second kappa shape index (κ2) is 6.18. The fourth-order valence-electron chi connectivity index (χ4n) is 5.13. The molecule has 0 saturated heterocycles. The summed E-state index contributed by atoms with van der Waals surface area (Å²) in [5.74, 6) is 3.56. The monoisotopic (exact) mass is 353 g/mol. The second-order valence-corrected chi connectivity index (χ2v) is 8.15. The zero-order valence-corrected chi connectivity index (χ0v) is 14.4. The molecular formula is C18H21Cl2NO2. The van der Waals surface area contributed by atoms with E-state index in [4.69, 9.17) is 27.9 Å². The third-order valence-electron chi connectivity index (χ3n) is 5.83. The van der Waals surface area contributed by atoms with E-state index in [1.165, 1.54) is 32.1 Å². The van der Waals surface area contributed by atoms with Crippen molar-refractivity contribution >= 4 is 29.1 Å². The van der Waals surface area contributed by atoms with Gasteiger partial charge in [-0.25, -0.2) is 0 Å². The van der Waals surface area contributed by atoms with Gasteiger partial charge in [-0.15, -0.1) is 0 Å². The van der Waals surface area contributed by atoms with Crippen LogP contribution in [0.1, 0.15) is 32.1 Å². The van der Waals surface area contributed by atoms with Crippen molar-refractivity contribution in [2.45, 2.75) is 38.1 Å². The third-order valence-corrected chi connectivity index (χ3v) is 6.63. The van der Waals surface area contributed by atoms with E-state index in [1.54, 1.807) is 18.2 Å². The first-order valence-electron chi connectivity index (χ1n) is 8.46. The Morgan fingerprint density at radius 3 is 2.39 bits per heavy atom. The summed E-state index contributed by atoms with van der Waals surface area (Å²) in [5, 5.41) is 4.02. The Morgan fingerprint density at radius 1 is 1.09 bits per heavy atom. The summed E-state index contributed by atoms with van der Waals surface area (Å²) in [6.45, 7) is -0.0111. The third kappa shape index (κ3) is 3.06. The van der Waals surface area contributed by atoms with E-state index in [1.807, 2.05) is 0 Å². The van der Waals surface area contributed by atoms with Gasteiger partial charge in [-0.3, -0.25) is 4.79 Å². The molecule has 0 radical (unpaired) electrons. The van der Waals surface area contributed by atoms with Gasteiger partial charge in [-0.1, -0.05) is 29.3 Å². The summed E-state index contributed by atoms with van der Waals surface area (Å²) in [4.78, 5) is 12.3. The van der Waals surface area contributed by atoms with Gasteiger partial charge >= 0.3 is 0 Å². The molecule has 4 saturated carbocycles. The minimum Gasteiger partial charge on any atom is -0.482 e. The lowest BCUT2D eigenvalue weighted by atomic mass is 9.54. The molecule has 124 valence electrons. The van der Waals surface area contributed by atoms with Gasteiger partial charge in [0.25, 0.3) is 5.91 Å². The highest BCUT2D eigenvalue weighted by Crippen LogP contribution is 2.53. The molecule has 0 spiro atoms. The van der Waals surface area contributed by atoms with Crippen molar-refractivity contribution in [3.05, 3.63) is 28.2 Å². The Morgan fingerprint density at radius 2 is 1.74 bits per heavy atom. The molecule has 4 fully saturated rings. The maximum atomic E-state index is 12.3. The van der Waals surface area contributed by atoms with Crippen molar-refractivity contribution < 1.29 is 9.53 Å². The van der Waals surface area contributed by atoms with Crippen LogP contribution in [-0.4, -0.2) is 18.6 Å². The molecule has 0 aromatic heterocycles. The van der Waals surface area contributed by atoms with Crippen molar-refractivity contribution in [3.63, 3.8) is 0 Å². The number of halogens is 2.